The maximum atomic E-state index is 10.5. The summed E-state index contributed by atoms with van der Waals surface area (Å²) in [6.45, 7) is 0.546. The lowest BCUT2D eigenvalue weighted by Crippen LogP contribution is -2.25. The van der Waals surface area contributed by atoms with Gasteiger partial charge in [-0.3, -0.25) is 4.79 Å². The van der Waals surface area contributed by atoms with E-state index in [4.69, 9.17) is 23.2 Å². The van der Waals surface area contributed by atoms with Gasteiger partial charge in [-0.15, -0.1) is 0 Å². The van der Waals surface area contributed by atoms with Gasteiger partial charge < -0.3 is 10.6 Å². The van der Waals surface area contributed by atoms with E-state index in [9.17, 15) is 4.79 Å². The Morgan fingerprint density at radius 2 is 1.92 bits per heavy atom. The zero-order valence-corrected chi connectivity index (χ0v) is 15.0. The van der Waals surface area contributed by atoms with Crippen LogP contribution in [0.3, 0.4) is 0 Å². The molecule has 2 aromatic carbocycles. The molecule has 24 heavy (non-hydrogen) atoms. The van der Waals surface area contributed by atoms with Gasteiger partial charge in [-0.2, -0.15) is 0 Å². The lowest BCUT2D eigenvalue weighted by molar-refractivity contribution is -0.109. The molecule has 0 saturated heterocycles. The van der Waals surface area contributed by atoms with Gasteiger partial charge in [-0.1, -0.05) is 47.5 Å². The van der Waals surface area contributed by atoms with Crippen LogP contribution in [0.1, 0.15) is 47.1 Å². The lowest BCUT2D eigenvalue weighted by atomic mass is 9.76. The molecule has 5 heteroatoms. The molecule has 1 aliphatic carbocycles. The van der Waals surface area contributed by atoms with Gasteiger partial charge in [-0.05, 0) is 54.3 Å². The summed E-state index contributed by atoms with van der Waals surface area (Å²) in [5, 5.41) is 7.31. The molecule has 2 atom stereocenters. The smallest absolute Gasteiger partial charge is 0.207 e. The summed E-state index contributed by atoms with van der Waals surface area (Å²) >= 11 is 12.3. The molecule has 2 N–H and O–H groups in total. The molecule has 2 unspecified atom stereocenters. The van der Waals surface area contributed by atoms with Crippen LogP contribution in [0.2, 0.25) is 10.0 Å². The first-order valence-corrected chi connectivity index (χ1v) is 8.81. The highest BCUT2D eigenvalue weighted by atomic mass is 35.5. The number of benzene rings is 2. The Balaban J connectivity index is 2.00. The first-order chi connectivity index (χ1) is 11.6. The summed E-state index contributed by atoms with van der Waals surface area (Å²) in [5.41, 5.74) is 4.91. The molecule has 1 amide bonds. The molecule has 0 aliphatic heterocycles. The first-order valence-electron chi connectivity index (χ1n) is 8.06. The molecule has 126 valence electrons. The Bertz CT molecular complexity index is 748. The maximum absolute atomic E-state index is 10.5. The van der Waals surface area contributed by atoms with Crippen molar-refractivity contribution in [2.75, 3.05) is 7.05 Å². The van der Waals surface area contributed by atoms with Crippen LogP contribution in [-0.2, 0) is 11.3 Å². The number of hydrogen-bond acceptors (Lipinski definition) is 2. The molecule has 0 fully saturated rings. The van der Waals surface area contributed by atoms with Gasteiger partial charge in [0.1, 0.15) is 0 Å². The molecule has 0 spiro atoms. The fourth-order valence-corrected chi connectivity index (χ4v) is 3.84. The van der Waals surface area contributed by atoms with Crippen molar-refractivity contribution in [2.24, 2.45) is 0 Å². The summed E-state index contributed by atoms with van der Waals surface area (Å²) in [4.78, 5) is 10.5. The van der Waals surface area contributed by atoms with Crippen LogP contribution < -0.4 is 10.6 Å². The van der Waals surface area contributed by atoms with Crippen molar-refractivity contribution >= 4 is 29.6 Å². The first kappa shape index (κ1) is 17.3. The van der Waals surface area contributed by atoms with Crippen LogP contribution in [0.15, 0.2) is 36.4 Å². The highest BCUT2D eigenvalue weighted by molar-refractivity contribution is 6.42. The van der Waals surface area contributed by atoms with Crippen LogP contribution in [0.4, 0.5) is 0 Å². The van der Waals surface area contributed by atoms with E-state index >= 15 is 0 Å². The number of fused-ring (bicyclic) bond motifs is 1. The summed E-state index contributed by atoms with van der Waals surface area (Å²) in [6.07, 6.45) is 2.84. The Hall–Kier alpha value is -1.55. The van der Waals surface area contributed by atoms with E-state index in [0.29, 0.717) is 28.5 Å². The fourth-order valence-electron chi connectivity index (χ4n) is 3.53. The monoisotopic (exact) mass is 362 g/mol. The average molecular weight is 363 g/mol. The Morgan fingerprint density at radius 1 is 1.08 bits per heavy atom. The predicted octanol–water partition coefficient (Wildman–Crippen LogP) is 4.43. The second-order valence-corrected chi connectivity index (χ2v) is 6.92. The Labute approximate surface area is 152 Å². The molecule has 0 saturated carbocycles. The largest absolute Gasteiger partial charge is 0.355 e. The normalized spacial score (nSPS) is 19.6. The van der Waals surface area contributed by atoms with E-state index in [0.717, 1.165) is 24.8 Å². The molecule has 3 nitrogen and oxygen atoms in total. The van der Waals surface area contributed by atoms with E-state index in [2.05, 4.69) is 34.9 Å². The Kier molecular flexibility index (Phi) is 5.44. The third-order valence-electron chi connectivity index (χ3n) is 4.73. The fraction of sp³-hybridized carbons (Fsp3) is 0.316. The van der Waals surface area contributed by atoms with E-state index < -0.39 is 0 Å². The number of amides is 1. The molecule has 2 aromatic rings. The average Bonchev–Trinajstić information content (AvgIpc) is 2.61. The van der Waals surface area contributed by atoms with Crippen LogP contribution in [0.5, 0.6) is 0 Å². The molecular weight excluding hydrogens is 343 g/mol. The van der Waals surface area contributed by atoms with E-state index in [1.165, 1.54) is 16.7 Å². The van der Waals surface area contributed by atoms with Gasteiger partial charge in [0.05, 0.1) is 10.0 Å². The van der Waals surface area contributed by atoms with E-state index in [1.807, 2.05) is 19.2 Å². The molecule has 1 aliphatic rings. The maximum Gasteiger partial charge on any atom is 0.207 e. The summed E-state index contributed by atoms with van der Waals surface area (Å²) in [7, 11) is 1.99. The summed E-state index contributed by atoms with van der Waals surface area (Å²) < 4.78 is 0. The zero-order valence-electron chi connectivity index (χ0n) is 13.5. The van der Waals surface area contributed by atoms with Crippen LogP contribution in [0, 0.1) is 0 Å². The van der Waals surface area contributed by atoms with Crippen molar-refractivity contribution < 1.29 is 4.79 Å². The third kappa shape index (κ3) is 3.44. The van der Waals surface area contributed by atoms with Crippen LogP contribution >= 0.6 is 23.2 Å². The number of halogens is 2. The van der Waals surface area contributed by atoms with Crippen molar-refractivity contribution in [3.63, 3.8) is 0 Å². The number of rotatable bonds is 5. The predicted molar refractivity (Wildman–Crippen MR) is 98.7 cm³/mol. The number of carbonyl (C=O) groups is 1. The minimum atomic E-state index is 0.312. The second-order valence-electron chi connectivity index (χ2n) is 6.11. The van der Waals surface area contributed by atoms with Crippen molar-refractivity contribution in [1.29, 1.82) is 0 Å². The molecule has 0 bridgehead atoms. The van der Waals surface area contributed by atoms with Crippen molar-refractivity contribution in [1.82, 2.24) is 10.6 Å². The van der Waals surface area contributed by atoms with Gasteiger partial charge in [0, 0.05) is 18.5 Å². The lowest BCUT2D eigenvalue weighted by Gasteiger charge is -2.32. The summed E-state index contributed by atoms with van der Waals surface area (Å²) in [6, 6.07) is 12.7. The molecule has 0 aromatic heterocycles. The highest BCUT2D eigenvalue weighted by Gasteiger charge is 2.28. The topological polar surface area (TPSA) is 41.1 Å². The number of nitrogens with one attached hydrogen (secondary N) is 2. The zero-order chi connectivity index (χ0) is 17.1. The minimum Gasteiger partial charge on any atom is -0.355 e. The van der Waals surface area contributed by atoms with E-state index in [1.54, 1.807) is 0 Å². The molecule has 0 radical (unpaired) electrons. The highest BCUT2D eigenvalue weighted by Crippen LogP contribution is 2.42. The third-order valence-corrected chi connectivity index (χ3v) is 5.47. The van der Waals surface area contributed by atoms with Gasteiger partial charge in [0.2, 0.25) is 6.41 Å². The quantitative estimate of drug-likeness (QED) is 0.772. The van der Waals surface area contributed by atoms with Gasteiger partial charge in [0.15, 0.2) is 0 Å². The van der Waals surface area contributed by atoms with Crippen molar-refractivity contribution in [3.05, 3.63) is 68.7 Å². The molecule has 3 rings (SSSR count). The van der Waals surface area contributed by atoms with Crippen LogP contribution in [0.25, 0.3) is 0 Å². The molecule has 0 heterocycles. The molecular formula is C19H20Cl2N2O. The van der Waals surface area contributed by atoms with Gasteiger partial charge >= 0.3 is 0 Å². The van der Waals surface area contributed by atoms with Crippen LogP contribution in [-0.4, -0.2) is 13.5 Å². The van der Waals surface area contributed by atoms with Gasteiger partial charge in [0.25, 0.3) is 0 Å². The Morgan fingerprint density at radius 3 is 2.62 bits per heavy atom. The van der Waals surface area contributed by atoms with E-state index in [-0.39, 0.29) is 0 Å². The second kappa shape index (κ2) is 7.56. The van der Waals surface area contributed by atoms with Gasteiger partial charge in [-0.25, -0.2) is 0 Å². The van der Waals surface area contributed by atoms with Crippen molar-refractivity contribution in [3.8, 4) is 0 Å². The SMILES string of the molecule is CNC1CCC(c2ccc(Cl)c(Cl)c2)c2ccc(CNC=O)cc21. The minimum absolute atomic E-state index is 0.312. The number of hydrogen-bond donors (Lipinski definition) is 2. The van der Waals surface area contributed by atoms with Crippen molar-refractivity contribution in [2.45, 2.75) is 31.3 Å². The number of carbonyl (C=O) groups excluding carboxylic acids is 1. The summed E-state index contributed by atoms with van der Waals surface area (Å²) in [5.74, 6) is 0.312. The standard InChI is InChI=1S/C19H20Cl2N2O/c1-22-19-7-5-14(13-3-6-17(20)18(21)9-13)15-4-2-12(8-16(15)19)10-23-11-24/h2-4,6,8-9,11,14,19,22H,5,7,10H2,1H3,(H,23,24).